The number of ketones is 1. The lowest BCUT2D eigenvalue weighted by atomic mass is 9.95. The third-order valence-corrected chi connectivity index (χ3v) is 7.06. The Labute approximate surface area is 204 Å². The van der Waals surface area contributed by atoms with Gasteiger partial charge in [0.05, 0.1) is 43.7 Å². The Morgan fingerprint density at radius 1 is 1.11 bits per heavy atom. The summed E-state index contributed by atoms with van der Waals surface area (Å²) in [6.45, 7) is 9.86. The fraction of sp³-hybridized carbons (Fsp3) is 0.370. The number of morpholine rings is 1. The zero-order valence-corrected chi connectivity index (χ0v) is 20.3. The van der Waals surface area contributed by atoms with Gasteiger partial charge in [-0.25, -0.2) is 4.98 Å². The quantitative estimate of drug-likeness (QED) is 0.328. The van der Waals surface area contributed by atoms with Gasteiger partial charge in [0.25, 0.3) is 5.91 Å². The number of likely N-dealkylation sites (tertiary alicyclic amines) is 1. The first kappa shape index (κ1) is 23.3. The first-order valence-electron chi connectivity index (χ1n) is 12.1. The van der Waals surface area contributed by atoms with E-state index in [0.717, 1.165) is 29.8 Å². The van der Waals surface area contributed by atoms with E-state index in [9.17, 15) is 14.7 Å². The summed E-state index contributed by atoms with van der Waals surface area (Å²) in [7, 11) is 0. The van der Waals surface area contributed by atoms with Crippen molar-refractivity contribution in [1.82, 2.24) is 14.3 Å². The van der Waals surface area contributed by atoms with Gasteiger partial charge in [-0.15, -0.1) is 0 Å². The summed E-state index contributed by atoms with van der Waals surface area (Å²) < 4.78 is 7.17. The number of pyridine rings is 1. The number of imidazole rings is 1. The van der Waals surface area contributed by atoms with Crippen LogP contribution in [0, 0.1) is 20.8 Å². The molecule has 1 aromatic carbocycles. The van der Waals surface area contributed by atoms with E-state index in [4.69, 9.17) is 4.74 Å². The molecule has 1 N–H and O–H groups in total. The van der Waals surface area contributed by atoms with Gasteiger partial charge < -0.3 is 24.0 Å². The highest BCUT2D eigenvalue weighted by molar-refractivity contribution is 6.46. The molecule has 0 radical (unpaired) electrons. The van der Waals surface area contributed by atoms with Crippen molar-refractivity contribution in [2.45, 2.75) is 26.8 Å². The van der Waals surface area contributed by atoms with Crippen molar-refractivity contribution in [2.24, 2.45) is 0 Å². The summed E-state index contributed by atoms with van der Waals surface area (Å²) >= 11 is 0. The topological polar surface area (TPSA) is 91.4 Å². The molecule has 2 fully saturated rings. The van der Waals surface area contributed by atoms with Crippen molar-refractivity contribution in [3.05, 3.63) is 76.2 Å². The van der Waals surface area contributed by atoms with E-state index in [2.05, 4.69) is 4.98 Å². The molecule has 2 saturated heterocycles. The van der Waals surface area contributed by atoms with Gasteiger partial charge in [0, 0.05) is 11.8 Å². The van der Waals surface area contributed by atoms with E-state index in [1.165, 1.54) is 4.90 Å². The second kappa shape index (κ2) is 9.28. The molecule has 1 unspecified atom stereocenters. The molecule has 8 nitrogen and oxygen atoms in total. The van der Waals surface area contributed by atoms with Crippen LogP contribution in [0.25, 0.3) is 11.4 Å². The van der Waals surface area contributed by atoms with Crippen LogP contribution in [0.1, 0.15) is 34.1 Å². The third-order valence-electron chi connectivity index (χ3n) is 7.06. The molecule has 0 bridgehead atoms. The third kappa shape index (κ3) is 4.13. The Morgan fingerprint density at radius 2 is 1.83 bits per heavy atom. The van der Waals surface area contributed by atoms with Crippen molar-refractivity contribution in [2.75, 3.05) is 39.4 Å². The number of Topliss-reactive ketones (excluding diaryl/α,β-unsaturated/α-hetero) is 1. The maximum atomic E-state index is 14.0. The number of hydrogen-bond acceptors (Lipinski definition) is 5. The molecule has 2 aliphatic rings. The molecule has 0 aliphatic carbocycles. The Bertz CT molecular complexity index is 1320. The highest BCUT2D eigenvalue weighted by atomic mass is 16.5. The average Bonchev–Trinajstić information content (AvgIpc) is 3.33. The van der Waals surface area contributed by atoms with Crippen molar-refractivity contribution in [1.29, 1.82) is 0 Å². The number of aromatic nitrogens is 2. The fourth-order valence-electron chi connectivity index (χ4n) is 5.10. The minimum Gasteiger partial charge on any atom is -0.871 e. The monoisotopic (exact) mass is 474 g/mol. The molecule has 0 saturated carbocycles. The number of rotatable bonds is 5. The van der Waals surface area contributed by atoms with E-state index in [0.29, 0.717) is 43.3 Å². The number of quaternary nitrogens is 1. The minimum absolute atomic E-state index is 0.00207. The summed E-state index contributed by atoms with van der Waals surface area (Å²) in [5.41, 5.74) is 4.30. The van der Waals surface area contributed by atoms with Crippen LogP contribution in [-0.2, 0) is 14.3 Å². The van der Waals surface area contributed by atoms with Crippen LogP contribution in [0.15, 0.2) is 48.2 Å². The number of hydrogen-bond donors (Lipinski definition) is 1. The average molecular weight is 475 g/mol. The predicted molar refractivity (Wildman–Crippen MR) is 129 cm³/mol. The summed E-state index contributed by atoms with van der Waals surface area (Å²) in [6, 6.07) is 10.7. The molecule has 4 heterocycles. The van der Waals surface area contributed by atoms with Gasteiger partial charge in [-0.1, -0.05) is 41.7 Å². The molecule has 2 aromatic heterocycles. The largest absolute Gasteiger partial charge is 0.871 e. The van der Waals surface area contributed by atoms with E-state index in [-0.39, 0.29) is 5.57 Å². The summed E-state index contributed by atoms with van der Waals surface area (Å²) in [5.74, 6) is -1.78. The van der Waals surface area contributed by atoms with E-state index in [1.54, 1.807) is 22.4 Å². The van der Waals surface area contributed by atoms with Crippen LogP contribution >= 0.6 is 0 Å². The van der Waals surface area contributed by atoms with Crippen LogP contribution in [0.2, 0.25) is 0 Å². The van der Waals surface area contributed by atoms with Crippen LogP contribution < -0.4 is 10.0 Å². The zero-order valence-electron chi connectivity index (χ0n) is 20.3. The molecule has 35 heavy (non-hydrogen) atoms. The number of amides is 1. The van der Waals surface area contributed by atoms with Crippen molar-refractivity contribution >= 4 is 23.1 Å². The maximum Gasteiger partial charge on any atom is 0.295 e. The number of carbonyl (C=O) groups is 2. The molecule has 0 spiro atoms. The molecule has 1 amide bonds. The molecule has 1 atom stereocenters. The molecule has 3 aromatic rings. The molecular formula is C27H30N4O4. The molecule has 5 rings (SSSR count). The van der Waals surface area contributed by atoms with Gasteiger partial charge >= 0.3 is 0 Å². The Kier molecular flexibility index (Phi) is 6.17. The van der Waals surface area contributed by atoms with E-state index >= 15 is 0 Å². The highest BCUT2D eigenvalue weighted by Crippen LogP contribution is 2.39. The van der Waals surface area contributed by atoms with Crippen LogP contribution in [-0.4, -0.2) is 65.4 Å². The smallest absolute Gasteiger partial charge is 0.295 e. The number of fused-ring (bicyclic) bond motifs is 1. The normalized spacial score (nSPS) is 20.8. The Morgan fingerprint density at radius 3 is 2.54 bits per heavy atom. The van der Waals surface area contributed by atoms with Crippen LogP contribution in [0.5, 0.6) is 0 Å². The summed E-state index contributed by atoms with van der Waals surface area (Å²) in [4.78, 5) is 34.1. The van der Waals surface area contributed by atoms with E-state index in [1.807, 2.05) is 50.2 Å². The van der Waals surface area contributed by atoms with Gasteiger partial charge in [-0.05, 0) is 38.0 Å². The molecule has 2 aliphatic heterocycles. The molecule has 182 valence electrons. The fourth-order valence-corrected chi connectivity index (χ4v) is 5.10. The second-order valence-corrected chi connectivity index (χ2v) is 9.43. The van der Waals surface area contributed by atoms with Gasteiger partial charge in [0.1, 0.15) is 18.7 Å². The second-order valence-electron chi connectivity index (χ2n) is 9.43. The van der Waals surface area contributed by atoms with Crippen LogP contribution in [0.3, 0.4) is 0 Å². The Hall–Kier alpha value is -3.49. The zero-order chi connectivity index (χ0) is 24.7. The van der Waals surface area contributed by atoms with Crippen molar-refractivity contribution < 1.29 is 24.3 Å². The number of aryl methyl sites for hydroxylation is 3. The number of nitrogens with one attached hydrogen (secondary N) is 1. The first-order chi connectivity index (χ1) is 16.9. The lowest BCUT2D eigenvalue weighted by Gasteiger charge is -2.30. The van der Waals surface area contributed by atoms with Gasteiger partial charge in [0.2, 0.25) is 5.78 Å². The lowest BCUT2D eigenvalue weighted by molar-refractivity contribution is -0.907. The Balaban J connectivity index is 1.62. The summed E-state index contributed by atoms with van der Waals surface area (Å²) in [5, 5.41) is 14.0. The number of ether oxygens (including phenoxy) is 1. The van der Waals surface area contributed by atoms with Crippen molar-refractivity contribution in [3.63, 3.8) is 0 Å². The molecule has 8 heteroatoms. The SMILES string of the molecule is Cc1ccc(C2/C(=C(\[O-])c3c(C)nc4c(C)cccn34)C(=O)C(=O)N2CC[NH+]2CCOCC2)cc1. The minimum atomic E-state index is -0.724. The van der Waals surface area contributed by atoms with Gasteiger partial charge in [0.15, 0.2) is 0 Å². The van der Waals surface area contributed by atoms with E-state index < -0.39 is 23.5 Å². The molecular weight excluding hydrogens is 444 g/mol. The summed E-state index contributed by atoms with van der Waals surface area (Å²) in [6.07, 6.45) is 1.78. The van der Waals surface area contributed by atoms with Gasteiger partial charge in [-0.2, -0.15) is 0 Å². The van der Waals surface area contributed by atoms with Crippen LogP contribution in [0.4, 0.5) is 0 Å². The number of benzene rings is 1. The first-order valence-corrected chi connectivity index (χ1v) is 12.1. The van der Waals surface area contributed by atoms with Crippen molar-refractivity contribution in [3.8, 4) is 0 Å². The van der Waals surface area contributed by atoms with Gasteiger partial charge in [-0.3, -0.25) is 9.59 Å². The lowest BCUT2D eigenvalue weighted by Crippen LogP contribution is -3.14. The highest BCUT2D eigenvalue weighted by Gasteiger charge is 2.44. The predicted octanol–water partition coefficient (Wildman–Crippen LogP) is 0.399. The standard InChI is InChI=1S/C27H30N4O4/c1-17-6-8-20(9-7-17)23-21(24(32)22-19(3)28-26-18(2)5-4-10-30(22)26)25(33)27(34)31(23)12-11-29-13-15-35-16-14-29/h4-10,23,32H,11-16H2,1-3H3/b24-21+. The number of carbonyl (C=O) groups excluding carboxylic acids is 2. The number of nitrogens with zero attached hydrogens (tertiary/aromatic N) is 3. The maximum absolute atomic E-state index is 14.0.